The molecule has 0 amide bonds. The summed E-state index contributed by atoms with van der Waals surface area (Å²) in [4.78, 5) is 2.85. The number of nitrogens with one attached hydrogen (secondary N) is 1. The van der Waals surface area contributed by atoms with E-state index in [1.54, 1.807) is 0 Å². The van der Waals surface area contributed by atoms with Crippen molar-refractivity contribution in [2.75, 3.05) is 26.2 Å². The highest BCUT2D eigenvalue weighted by Gasteiger charge is 2.45. The van der Waals surface area contributed by atoms with Crippen molar-refractivity contribution in [1.29, 1.82) is 0 Å². The Balaban J connectivity index is 1.38. The van der Waals surface area contributed by atoms with E-state index >= 15 is 0 Å². The van der Waals surface area contributed by atoms with Crippen molar-refractivity contribution >= 4 is 0 Å². The molecule has 2 saturated heterocycles. The summed E-state index contributed by atoms with van der Waals surface area (Å²) >= 11 is 0. The maximum Gasteiger partial charge on any atom is 0.0588 e. The first-order valence-corrected chi connectivity index (χ1v) is 8.95. The van der Waals surface area contributed by atoms with Crippen molar-refractivity contribution in [1.82, 2.24) is 10.2 Å². The van der Waals surface area contributed by atoms with Crippen LogP contribution in [0.1, 0.15) is 57.8 Å². The first-order chi connectivity index (χ1) is 9.85. The first-order valence-electron chi connectivity index (χ1n) is 8.95. The minimum absolute atomic E-state index is 0.474. The van der Waals surface area contributed by atoms with Crippen LogP contribution < -0.4 is 5.32 Å². The topological polar surface area (TPSA) is 24.5 Å². The summed E-state index contributed by atoms with van der Waals surface area (Å²) in [5, 5.41) is 3.95. The fourth-order valence-corrected chi connectivity index (χ4v) is 4.77. The monoisotopic (exact) mass is 278 g/mol. The third-order valence-corrected chi connectivity index (χ3v) is 6.15. The van der Waals surface area contributed by atoms with Crippen molar-refractivity contribution in [3.63, 3.8) is 0 Å². The highest BCUT2D eigenvalue weighted by molar-refractivity contribution is 5.04. The smallest absolute Gasteiger partial charge is 0.0588 e. The first kappa shape index (κ1) is 13.5. The van der Waals surface area contributed by atoms with Gasteiger partial charge in [-0.1, -0.05) is 12.8 Å². The number of rotatable bonds is 4. The Morgan fingerprint density at radius 2 is 1.95 bits per heavy atom. The van der Waals surface area contributed by atoms with Crippen molar-refractivity contribution in [3.05, 3.63) is 0 Å². The molecule has 2 saturated carbocycles. The minimum atomic E-state index is 0.474. The van der Waals surface area contributed by atoms with Crippen LogP contribution in [-0.4, -0.2) is 48.8 Å². The molecule has 0 bridgehead atoms. The zero-order valence-corrected chi connectivity index (χ0v) is 12.8. The van der Waals surface area contributed by atoms with Gasteiger partial charge in [-0.2, -0.15) is 0 Å². The highest BCUT2D eigenvalue weighted by atomic mass is 16.5. The fraction of sp³-hybridized carbons (Fsp3) is 1.00. The molecule has 0 aromatic heterocycles. The molecule has 1 spiro atoms. The lowest BCUT2D eigenvalue weighted by molar-refractivity contribution is 0.0434. The summed E-state index contributed by atoms with van der Waals surface area (Å²) in [6.07, 6.45) is 13.0. The van der Waals surface area contributed by atoms with E-state index in [1.165, 1.54) is 77.4 Å². The Morgan fingerprint density at radius 3 is 2.65 bits per heavy atom. The van der Waals surface area contributed by atoms with Crippen LogP contribution in [0, 0.1) is 5.92 Å². The lowest BCUT2D eigenvalue weighted by Crippen LogP contribution is -2.63. The molecule has 0 radical (unpaired) electrons. The van der Waals surface area contributed by atoms with E-state index in [1.807, 2.05) is 0 Å². The average Bonchev–Trinajstić information content (AvgIpc) is 2.99. The summed E-state index contributed by atoms with van der Waals surface area (Å²) in [6, 6.07) is 0.822. The molecule has 2 aliphatic heterocycles. The molecule has 0 aromatic carbocycles. The van der Waals surface area contributed by atoms with E-state index in [2.05, 4.69) is 10.2 Å². The number of nitrogens with zero attached hydrogens (tertiary/aromatic N) is 1. The van der Waals surface area contributed by atoms with Gasteiger partial charge in [0.1, 0.15) is 0 Å². The molecule has 114 valence electrons. The van der Waals surface area contributed by atoms with Gasteiger partial charge in [-0.05, 0) is 50.9 Å². The quantitative estimate of drug-likeness (QED) is 0.855. The van der Waals surface area contributed by atoms with Crippen LogP contribution in [0.25, 0.3) is 0 Å². The molecule has 3 nitrogen and oxygen atoms in total. The second-order valence-electron chi connectivity index (χ2n) is 7.67. The van der Waals surface area contributed by atoms with Crippen molar-refractivity contribution < 1.29 is 4.74 Å². The lowest BCUT2D eigenvalue weighted by atomic mass is 9.90. The van der Waals surface area contributed by atoms with Crippen LogP contribution in [0.5, 0.6) is 0 Å². The fourth-order valence-electron chi connectivity index (χ4n) is 4.77. The molecule has 2 atom stereocenters. The van der Waals surface area contributed by atoms with Gasteiger partial charge in [-0.3, -0.25) is 4.90 Å². The van der Waals surface area contributed by atoms with Crippen LogP contribution in [0.15, 0.2) is 0 Å². The third-order valence-electron chi connectivity index (χ3n) is 6.15. The highest BCUT2D eigenvalue weighted by Crippen LogP contribution is 2.40. The van der Waals surface area contributed by atoms with Gasteiger partial charge in [0.2, 0.25) is 0 Å². The molecule has 4 rings (SSSR count). The molecule has 0 aromatic rings. The molecule has 4 aliphatic rings. The molecule has 3 heteroatoms. The summed E-state index contributed by atoms with van der Waals surface area (Å²) in [7, 11) is 0. The zero-order chi connectivity index (χ0) is 13.4. The van der Waals surface area contributed by atoms with Crippen molar-refractivity contribution in [2.24, 2.45) is 5.92 Å². The average molecular weight is 278 g/mol. The summed E-state index contributed by atoms with van der Waals surface area (Å²) < 4.78 is 5.83. The van der Waals surface area contributed by atoms with E-state index in [0.29, 0.717) is 11.6 Å². The summed E-state index contributed by atoms with van der Waals surface area (Å²) in [5.41, 5.74) is 0.474. The Labute approximate surface area is 123 Å². The molecule has 2 aliphatic carbocycles. The molecule has 2 unspecified atom stereocenters. The van der Waals surface area contributed by atoms with Crippen LogP contribution >= 0.6 is 0 Å². The zero-order valence-electron chi connectivity index (χ0n) is 12.8. The van der Waals surface area contributed by atoms with Crippen LogP contribution in [-0.2, 0) is 4.74 Å². The van der Waals surface area contributed by atoms with Gasteiger partial charge in [-0.25, -0.2) is 0 Å². The van der Waals surface area contributed by atoms with Gasteiger partial charge in [0.25, 0.3) is 0 Å². The standard InChI is InChI=1S/C17H30N2O/c1-2-9-17(8-1)13-19(10-7-15-4-3-11-20-15)16(12-18-17)14-5-6-14/h14-16,18H,1-13H2. The van der Waals surface area contributed by atoms with Crippen LogP contribution in [0.3, 0.4) is 0 Å². The van der Waals surface area contributed by atoms with Crippen LogP contribution in [0.2, 0.25) is 0 Å². The SMILES string of the molecule is C1COC(CCN2CC3(CCCC3)NCC2C2CC2)C1. The number of piperazine rings is 1. The minimum Gasteiger partial charge on any atom is -0.378 e. The molecule has 1 N–H and O–H groups in total. The molecule has 20 heavy (non-hydrogen) atoms. The van der Waals surface area contributed by atoms with Gasteiger partial charge in [0, 0.05) is 37.8 Å². The summed E-state index contributed by atoms with van der Waals surface area (Å²) in [6.45, 7) is 4.83. The number of hydrogen-bond acceptors (Lipinski definition) is 3. The summed E-state index contributed by atoms with van der Waals surface area (Å²) in [5.74, 6) is 0.991. The number of hydrogen-bond donors (Lipinski definition) is 1. The van der Waals surface area contributed by atoms with Crippen LogP contribution in [0.4, 0.5) is 0 Å². The second-order valence-corrected chi connectivity index (χ2v) is 7.67. The Bertz CT molecular complexity index is 330. The normalized spacial score (nSPS) is 37.8. The van der Waals surface area contributed by atoms with E-state index in [4.69, 9.17) is 4.74 Å². The third kappa shape index (κ3) is 2.77. The molecular formula is C17H30N2O. The van der Waals surface area contributed by atoms with Gasteiger partial charge in [0.15, 0.2) is 0 Å². The predicted molar refractivity (Wildman–Crippen MR) is 80.9 cm³/mol. The predicted octanol–water partition coefficient (Wildman–Crippen LogP) is 2.55. The van der Waals surface area contributed by atoms with E-state index < -0.39 is 0 Å². The number of ether oxygens (including phenoxy) is 1. The Hall–Kier alpha value is -0.120. The Kier molecular flexibility index (Phi) is 3.78. The molecular weight excluding hydrogens is 248 g/mol. The van der Waals surface area contributed by atoms with Gasteiger partial charge >= 0.3 is 0 Å². The Morgan fingerprint density at radius 1 is 1.10 bits per heavy atom. The van der Waals surface area contributed by atoms with Crippen molar-refractivity contribution in [3.8, 4) is 0 Å². The van der Waals surface area contributed by atoms with E-state index in [9.17, 15) is 0 Å². The van der Waals surface area contributed by atoms with Gasteiger partial charge in [-0.15, -0.1) is 0 Å². The van der Waals surface area contributed by atoms with Gasteiger partial charge < -0.3 is 10.1 Å². The molecule has 4 fully saturated rings. The van der Waals surface area contributed by atoms with Gasteiger partial charge in [0.05, 0.1) is 6.10 Å². The van der Waals surface area contributed by atoms with E-state index in [-0.39, 0.29) is 0 Å². The second kappa shape index (κ2) is 5.58. The van der Waals surface area contributed by atoms with E-state index in [0.717, 1.165) is 18.6 Å². The maximum atomic E-state index is 5.83. The van der Waals surface area contributed by atoms with Crippen molar-refractivity contribution in [2.45, 2.75) is 75.5 Å². The largest absolute Gasteiger partial charge is 0.378 e. The molecule has 2 heterocycles. The maximum absolute atomic E-state index is 5.83. The lowest BCUT2D eigenvalue weighted by Gasteiger charge is -2.47.